The smallest absolute Gasteiger partial charge is 0.255 e. The van der Waals surface area contributed by atoms with E-state index in [1.165, 1.54) is 0 Å². The van der Waals surface area contributed by atoms with Gasteiger partial charge in [-0.3, -0.25) is 9.59 Å². The van der Waals surface area contributed by atoms with Gasteiger partial charge in [-0.15, -0.1) is 0 Å². The fraction of sp³-hybridized carbons (Fsp3) is 0.0357. The second-order valence-corrected chi connectivity index (χ2v) is 8.42. The molecule has 34 heavy (non-hydrogen) atoms. The molecule has 0 bridgehead atoms. The van der Waals surface area contributed by atoms with E-state index in [0.717, 1.165) is 22.2 Å². The number of rotatable bonds is 5. The Labute approximate surface area is 201 Å². The predicted octanol–water partition coefficient (Wildman–Crippen LogP) is 6.68. The zero-order valence-electron chi connectivity index (χ0n) is 18.3. The first-order valence-corrected chi connectivity index (χ1v) is 11.1. The number of anilines is 1. The van der Waals surface area contributed by atoms with Crippen LogP contribution in [0.2, 0.25) is 5.02 Å². The molecule has 0 atom stereocenters. The van der Waals surface area contributed by atoms with E-state index in [4.69, 9.17) is 11.6 Å². The van der Waals surface area contributed by atoms with Crippen LogP contribution >= 0.6 is 11.6 Å². The Morgan fingerprint density at radius 1 is 0.824 bits per heavy atom. The largest absolute Gasteiger partial charge is 0.338 e. The molecule has 5 nitrogen and oxygen atoms in total. The molecule has 0 saturated heterocycles. The molecule has 0 saturated carbocycles. The zero-order valence-corrected chi connectivity index (χ0v) is 19.1. The molecule has 4 aromatic carbocycles. The van der Waals surface area contributed by atoms with Crippen LogP contribution in [0.1, 0.15) is 31.8 Å². The van der Waals surface area contributed by atoms with Crippen LogP contribution in [0.3, 0.4) is 0 Å². The van der Waals surface area contributed by atoms with E-state index in [0.29, 0.717) is 33.2 Å². The number of aromatic amines is 1. The summed E-state index contributed by atoms with van der Waals surface area (Å²) in [6, 6.07) is 27.3. The van der Waals surface area contributed by atoms with Crippen LogP contribution in [0.15, 0.2) is 91.0 Å². The molecule has 1 heterocycles. The normalized spacial score (nSPS) is 10.9. The van der Waals surface area contributed by atoms with Gasteiger partial charge in [-0.2, -0.15) is 0 Å². The average molecular weight is 466 g/mol. The highest BCUT2D eigenvalue weighted by atomic mass is 35.5. The molecule has 0 unspecified atom stereocenters. The van der Waals surface area contributed by atoms with E-state index in [9.17, 15) is 9.59 Å². The molecular formula is C28H20ClN3O2. The van der Waals surface area contributed by atoms with E-state index >= 15 is 0 Å². The van der Waals surface area contributed by atoms with E-state index in [1.807, 2.05) is 67.6 Å². The van der Waals surface area contributed by atoms with Crippen LogP contribution in [0.5, 0.6) is 0 Å². The molecule has 5 rings (SSSR count). The number of nitrogens with one attached hydrogen (secondary N) is 2. The number of fused-ring (bicyclic) bond motifs is 1. The lowest BCUT2D eigenvalue weighted by Gasteiger charge is -2.07. The summed E-state index contributed by atoms with van der Waals surface area (Å²) < 4.78 is 0. The van der Waals surface area contributed by atoms with Gasteiger partial charge >= 0.3 is 0 Å². The molecular weight excluding hydrogens is 446 g/mol. The Morgan fingerprint density at radius 2 is 1.56 bits per heavy atom. The number of ketones is 1. The van der Waals surface area contributed by atoms with Gasteiger partial charge in [-0.1, -0.05) is 48.0 Å². The number of halogens is 1. The first kappa shape index (κ1) is 21.6. The summed E-state index contributed by atoms with van der Waals surface area (Å²) in [7, 11) is 0. The number of hydrogen-bond acceptors (Lipinski definition) is 3. The van der Waals surface area contributed by atoms with Gasteiger partial charge in [0.05, 0.1) is 11.0 Å². The maximum absolute atomic E-state index is 12.8. The maximum Gasteiger partial charge on any atom is 0.255 e. The first-order chi connectivity index (χ1) is 16.5. The van der Waals surface area contributed by atoms with Gasteiger partial charge < -0.3 is 10.3 Å². The Morgan fingerprint density at radius 3 is 2.29 bits per heavy atom. The molecule has 0 spiro atoms. The summed E-state index contributed by atoms with van der Waals surface area (Å²) in [5.41, 5.74) is 5.75. The number of carbonyl (C=O) groups is 2. The number of carbonyl (C=O) groups excluding carboxylic acids is 2. The zero-order chi connectivity index (χ0) is 23.7. The molecule has 0 radical (unpaired) electrons. The molecule has 6 heteroatoms. The van der Waals surface area contributed by atoms with E-state index in [-0.39, 0.29) is 11.7 Å². The summed E-state index contributed by atoms with van der Waals surface area (Å²) in [6.07, 6.45) is 0. The van der Waals surface area contributed by atoms with Gasteiger partial charge in [0, 0.05) is 33.0 Å². The fourth-order valence-electron chi connectivity index (χ4n) is 3.69. The lowest BCUT2D eigenvalue weighted by molar-refractivity contribution is 0.102. The number of nitrogens with zero attached hydrogens (tertiary/aromatic N) is 1. The van der Waals surface area contributed by atoms with Crippen LogP contribution in [0.4, 0.5) is 5.69 Å². The number of H-pyrrole nitrogens is 1. The van der Waals surface area contributed by atoms with Crippen molar-refractivity contribution in [2.75, 3.05) is 5.32 Å². The van der Waals surface area contributed by atoms with Gasteiger partial charge in [-0.25, -0.2) is 4.98 Å². The minimum Gasteiger partial charge on any atom is -0.338 e. The van der Waals surface area contributed by atoms with Crippen molar-refractivity contribution < 1.29 is 9.59 Å². The molecule has 1 aromatic heterocycles. The molecule has 166 valence electrons. The number of benzene rings is 4. The Bertz CT molecular complexity index is 1520. The van der Waals surface area contributed by atoms with Crippen molar-refractivity contribution in [1.82, 2.24) is 9.97 Å². The first-order valence-electron chi connectivity index (χ1n) is 10.8. The van der Waals surface area contributed by atoms with Crippen LogP contribution in [-0.2, 0) is 0 Å². The fourth-order valence-corrected chi connectivity index (χ4v) is 3.87. The highest BCUT2D eigenvalue weighted by Gasteiger charge is 2.12. The van der Waals surface area contributed by atoms with E-state index < -0.39 is 0 Å². The average Bonchev–Trinajstić information content (AvgIpc) is 3.29. The topological polar surface area (TPSA) is 74.8 Å². The lowest BCUT2D eigenvalue weighted by atomic mass is 10.0. The Balaban J connectivity index is 1.35. The molecule has 0 aliphatic rings. The van der Waals surface area contributed by atoms with Crippen molar-refractivity contribution >= 4 is 40.0 Å². The predicted molar refractivity (Wildman–Crippen MR) is 136 cm³/mol. The van der Waals surface area contributed by atoms with Crippen molar-refractivity contribution in [3.8, 4) is 11.4 Å². The van der Waals surface area contributed by atoms with E-state index in [2.05, 4.69) is 15.3 Å². The molecule has 0 aliphatic carbocycles. The lowest BCUT2D eigenvalue weighted by Crippen LogP contribution is -2.11. The van der Waals surface area contributed by atoms with E-state index in [1.54, 1.807) is 30.3 Å². The van der Waals surface area contributed by atoms with Crippen LogP contribution < -0.4 is 5.32 Å². The minimum atomic E-state index is -0.228. The number of aromatic nitrogens is 2. The van der Waals surface area contributed by atoms with Gasteiger partial charge in [0.2, 0.25) is 0 Å². The number of amides is 1. The third-order valence-corrected chi connectivity index (χ3v) is 6.04. The van der Waals surface area contributed by atoms with Crippen LogP contribution in [0, 0.1) is 6.92 Å². The quantitative estimate of drug-likeness (QED) is 0.284. The second kappa shape index (κ2) is 8.96. The van der Waals surface area contributed by atoms with Crippen molar-refractivity contribution in [2.45, 2.75) is 6.92 Å². The van der Waals surface area contributed by atoms with Crippen molar-refractivity contribution in [2.24, 2.45) is 0 Å². The van der Waals surface area contributed by atoms with Crippen molar-refractivity contribution in [1.29, 1.82) is 0 Å². The maximum atomic E-state index is 12.8. The van der Waals surface area contributed by atoms with Gasteiger partial charge in [0.25, 0.3) is 5.91 Å². The summed E-state index contributed by atoms with van der Waals surface area (Å²) in [5, 5.41) is 3.44. The summed E-state index contributed by atoms with van der Waals surface area (Å²) in [4.78, 5) is 33.2. The van der Waals surface area contributed by atoms with Crippen LogP contribution in [0.25, 0.3) is 22.4 Å². The number of aryl methyl sites for hydroxylation is 1. The monoisotopic (exact) mass is 465 g/mol. The molecule has 2 N–H and O–H groups in total. The highest BCUT2D eigenvalue weighted by Crippen LogP contribution is 2.24. The van der Waals surface area contributed by atoms with Crippen LogP contribution in [-0.4, -0.2) is 21.7 Å². The van der Waals surface area contributed by atoms with Gasteiger partial charge in [-0.05, 0) is 67.1 Å². The number of imidazole rings is 1. The highest BCUT2D eigenvalue weighted by molar-refractivity contribution is 6.31. The second-order valence-electron chi connectivity index (χ2n) is 8.01. The molecule has 5 aromatic rings. The SMILES string of the molecule is Cc1ccc(C(=O)Nc2ccc(-c3nc4ccc(C(=O)c5ccccc5)cc4[nH]3)cc2)cc1Cl. The van der Waals surface area contributed by atoms with Gasteiger partial charge in [0.15, 0.2) is 5.78 Å². The third kappa shape index (κ3) is 4.34. The van der Waals surface area contributed by atoms with Gasteiger partial charge in [0.1, 0.15) is 5.82 Å². The summed E-state index contributed by atoms with van der Waals surface area (Å²) >= 11 is 6.13. The summed E-state index contributed by atoms with van der Waals surface area (Å²) in [5.74, 6) is 0.421. The Hall–Kier alpha value is -4.22. The van der Waals surface area contributed by atoms with Crippen molar-refractivity contribution in [3.05, 3.63) is 118 Å². The summed E-state index contributed by atoms with van der Waals surface area (Å²) in [6.45, 7) is 1.89. The molecule has 1 amide bonds. The number of hydrogen-bond donors (Lipinski definition) is 2. The standard InChI is InChI=1S/C28H20ClN3O2/c1-17-7-8-21(15-23(17)29)28(34)30-22-12-9-19(10-13-22)27-31-24-14-11-20(16-25(24)32-27)26(33)18-5-3-2-4-6-18/h2-16H,1H3,(H,30,34)(H,31,32). The molecule has 0 aliphatic heterocycles. The van der Waals surface area contributed by atoms with Crippen molar-refractivity contribution in [3.63, 3.8) is 0 Å². The Kier molecular flexibility index (Phi) is 5.70. The third-order valence-electron chi connectivity index (χ3n) is 5.63. The molecule has 0 fully saturated rings. The minimum absolute atomic E-state index is 0.0337.